The van der Waals surface area contributed by atoms with Crippen molar-refractivity contribution in [2.24, 2.45) is 0 Å². The summed E-state index contributed by atoms with van der Waals surface area (Å²) in [5, 5.41) is 24.3. The maximum Gasteiger partial charge on any atom is 0.270 e. The number of nitro groups is 1. The molecule has 0 aliphatic carbocycles. The number of nitrogens with one attached hydrogen (secondary N) is 1. The number of carbonyl (C=O) groups is 3. The average molecular weight is 340 g/mol. The summed E-state index contributed by atoms with van der Waals surface area (Å²) in [5.74, 6) is -2.51. The first kappa shape index (κ1) is 16.1. The second kappa shape index (κ2) is 6.04. The molecular weight excluding hydrogens is 330 g/mol. The Morgan fingerprint density at radius 3 is 2.28 bits per heavy atom. The molecule has 0 saturated heterocycles. The number of benzene rings is 2. The fraction of sp³-hybridized carbons (Fsp3) is 0.0625. The van der Waals surface area contributed by atoms with Crippen LogP contribution in [0.15, 0.2) is 42.5 Å². The van der Waals surface area contributed by atoms with Gasteiger partial charge in [-0.3, -0.25) is 24.6 Å². The molecule has 1 aliphatic rings. The molecule has 9 heteroatoms. The van der Waals surface area contributed by atoms with Crippen LogP contribution in [0.5, 0.6) is 0 Å². The summed E-state index contributed by atoms with van der Waals surface area (Å²) in [6.07, 6.45) is 0. The van der Waals surface area contributed by atoms with Gasteiger partial charge < -0.3 is 15.2 Å². The van der Waals surface area contributed by atoms with E-state index in [1.165, 1.54) is 36.4 Å². The van der Waals surface area contributed by atoms with Gasteiger partial charge in [-0.15, -0.1) is 0 Å². The van der Waals surface area contributed by atoms with Crippen molar-refractivity contribution in [2.45, 2.75) is 0 Å². The van der Waals surface area contributed by atoms with Gasteiger partial charge in [-0.2, -0.15) is 0 Å². The lowest BCUT2D eigenvalue weighted by Gasteiger charge is -2.16. The number of carbonyl (C=O) groups excluding carboxylic acids is 3. The minimum Gasteiger partial charge on any atom is -0.545 e. The van der Waals surface area contributed by atoms with E-state index in [4.69, 9.17) is 0 Å². The molecule has 0 aromatic heterocycles. The molecule has 126 valence electrons. The quantitative estimate of drug-likeness (QED) is 0.479. The molecule has 2 amide bonds. The van der Waals surface area contributed by atoms with Crippen LogP contribution in [0.2, 0.25) is 0 Å². The fourth-order valence-electron chi connectivity index (χ4n) is 2.43. The van der Waals surface area contributed by atoms with E-state index in [1.54, 1.807) is 0 Å². The molecular formula is C16H10N3O6-. The zero-order valence-electron chi connectivity index (χ0n) is 12.6. The molecule has 0 saturated carbocycles. The molecule has 0 radical (unpaired) electrons. The van der Waals surface area contributed by atoms with Gasteiger partial charge in [0.15, 0.2) is 0 Å². The second-order valence-electron chi connectivity index (χ2n) is 5.23. The molecule has 25 heavy (non-hydrogen) atoms. The van der Waals surface area contributed by atoms with Crippen molar-refractivity contribution in [3.8, 4) is 0 Å². The molecule has 0 fully saturated rings. The molecule has 0 unspecified atom stereocenters. The molecule has 1 aliphatic heterocycles. The van der Waals surface area contributed by atoms with Crippen LogP contribution in [0.25, 0.3) is 0 Å². The number of aromatic carboxylic acids is 1. The van der Waals surface area contributed by atoms with Gasteiger partial charge in [0.05, 0.1) is 28.7 Å². The number of amides is 2. The zero-order valence-corrected chi connectivity index (χ0v) is 12.6. The Labute approximate surface area is 140 Å². The average Bonchev–Trinajstić information content (AvgIpc) is 2.84. The van der Waals surface area contributed by atoms with E-state index in [2.05, 4.69) is 5.32 Å². The van der Waals surface area contributed by atoms with Gasteiger partial charge in [-0.05, 0) is 23.8 Å². The summed E-state index contributed by atoms with van der Waals surface area (Å²) < 4.78 is 0. The van der Waals surface area contributed by atoms with Crippen LogP contribution in [0.4, 0.5) is 11.4 Å². The van der Waals surface area contributed by atoms with Gasteiger partial charge in [0, 0.05) is 17.8 Å². The predicted molar refractivity (Wildman–Crippen MR) is 82.9 cm³/mol. The Balaban J connectivity index is 1.75. The fourth-order valence-corrected chi connectivity index (χ4v) is 2.43. The molecule has 0 bridgehead atoms. The molecule has 0 spiro atoms. The third-order valence-corrected chi connectivity index (χ3v) is 3.73. The molecule has 0 atom stereocenters. The normalized spacial score (nSPS) is 12.9. The lowest BCUT2D eigenvalue weighted by molar-refractivity contribution is -0.384. The van der Waals surface area contributed by atoms with Gasteiger partial charge in [-0.25, -0.2) is 0 Å². The number of carboxylic acid groups (broad SMARTS) is 1. The van der Waals surface area contributed by atoms with Gasteiger partial charge in [0.1, 0.15) is 0 Å². The van der Waals surface area contributed by atoms with Crippen molar-refractivity contribution in [2.75, 3.05) is 12.0 Å². The number of non-ortho nitro benzene ring substituents is 1. The summed E-state index contributed by atoms with van der Waals surface area (Å²) in [7, 11) is 0. The summed E-state index contributed by atoms with van der Waals surface area (Å²) in [4.78, 5) is 46.3. The minimum atomic E-state index is -1.31. The van der Waals surface area contributed by atoms with E-state index >= 15 is 0 Å². The number of nitro benzene ring substituents is 1. The molecule has 1 heterocycles. The number of hydrogen-bond acceptors (Lipinski definition) is 7. The van der Waals surface area contributed by atoms with Crippen LogP contribution >= 0.6 is 0 Å². The molecule has 3 rings (SSSR count). The first-order valence-corrected chi connectivity index (χ1v) is 7.08. The standard InChI is InChI=1S/C16H11N3O6/c20-14-12-6-5-11(19(24)25)7-13(12)15(21)18(14)8-17-10-3-1-9(2-4-10)16(22)23/h1-7,17H,8H2,(H,22,23)/p-1. The Morgan fingerprint density at radius 2 is 1.68 bits per heavy atom. The highest BCUT2D eigenvalue weighted by atomic mass is 16.6. The van der Waals surface area contributed by atoms with Crippen LogP contribution in [-0.4, -0.2) is 34.3 Å². The summed E-state index contributed by atoms with van der Waals surface area (Å²) >= 11 is 0. The summed E-state index contributed by atoms with van der Waals surface area (Å²) in [6, 6.07) is 9.07. The third kappa shape index (κ3) is 2.90. The highest BCUT2D eigenvalue weighted by molar-refractivity contribution is 6.21. The second-order valence-corrected chi connectivity index (χ2v) is 5.23. The maximum absolute atomic E-state index is 12.3. The van der Waals surface area contributed by atoms with E-state index in [9.17, 15) is 29.6 Å². The number of carboxylic acids is 1. The van der Waals surface area contributed by atoms with Gasteiger partial charge in [0.2, 0.25) is 0 Å². The van der Waals surface area contributed by atoms with Crippen molar-refractivity contribution < 1.29 is 24.4 Å². The minimum absolute atomic E-state index is 0.00131. The highest BCUT2D eigenvalue weighted by Gasteiger charge is 2.36. The SMILES string of the molecule is O=C([O-])c1ccc(NCN2C(=O)c3ccc([N+](=O)[O-])cc3C2=O)cc1. The Kier molecular flexibility index (Phi) is 3.89. The maximum atomic E-state index is 12.3. The molecule has 1 N–H and O–H groups in total. The number of fused-ring (bicyclic) bond motifs is 1. The topological polar surface area (TPSA) is 133 Å². The van der Waals surface area contributed by atoms with Crippen molar-refractivity contribution in [3.05, 3.63) is 69.3 Å². The van der Waals surface area contributed by atoms with E-state index < -0.39 is 22.7 Å². The van der Waals surface area contributed by atoms with Crippen LogP contribution in [0.1, 0.15) is 31.1 Å². The lowest BCUT2D eigenvalue weighted by Crippen LogP contribution is -2.34. The number of rotatable bonds is 5. The number of anilines is 1. The lowest BCUT2D eigenvalue weighted by atomic mass is 10.1. The van der Waals surface area contributed by atoms with Crippen LogP contribution in [-0.2, 0) is 0 Å². The van der Waals surface area contributed by atoms with E-state index in [-0.39, 0.29) is 29.0 Å². The van der Waals surface area contributed by atoms with Crippen LogP contribution < -0.4 is 10.4 Å². The number of hydrogen-bond donors (Lipinski definition) is 1. The number of nitrogens with zero attached hydrogens (tertiary/aromatic N) is 2. The highest BCUT2D eigenvalue weighted by Crippen LogP contribution is 2.26. The largest absolute Gasteiger partial charge is 0.545 e. The van der Waals surface area contributed by atoms with Crippen molar-refractivity contribution in [1.82, 2.24) is 4.90 Å². The molecule has 2 aromatic carbocycles. The van der Waals surface area contributed by atoms with Crippen molar-refractivity contribution >= 4 is 29.2 Å². The number of imide groups is 1. The van der Waals surface area contributed by atoms with Gasteiger partial charge in [0.25, 0.3) is 17.5 Å². The van der Waals surface area contributed by atoms with Crippen molar-refractivity contribution in [3.63, 3.8) is 0 Å². The van der Waals surface area contributed by atoms with Crippen LogP contribution in [0.3, 0.4) is 0 Å². The monoisotopic (exact) mass is 340 g/mol. The predicted octanol–water partition coefficient (Wildman–Crippen LogP) is 0.624. The van der Waals surface area contributed by atoms with Crippen LogP contribution in [0, 0.1) is 10.1 Å². The summed E-state index contributed by atoms with van der Waals surface area (Å²) in [6.45, 7) is -0.162. The van der Waals surface area contributed by atoms with E-state index in [0.29, 0.717) is 5.69 Å². The zero-order chi connectivity index (χ0) is 18.1. The Morgan fingerprint density at radius 1 is 1.04 bits per heavy atom. The molecule has 9 nitrogen and oxygen atoms in total. The smallest absolute Gasteiger partial charge is 0.270 e. The van der Waals surface area contributed by atoms with E-state index in [0.717, 1.165) is 11.0 Å². The first-order chi connectivity index (χ1) is 11.9. The first-order valence-electron chi connectivity index (χ1n) is 7.08. The third-order valence-electron chi connectivity index (χ3n) is 3.73. The molecule has 2 aromatic rings. The van der Waals surface area contributed by atoms with Gasteiger partial charge in [-0.1, -0.05) is 12.1 Å². The van der Waals surface area contributed by atoms with Crippen molar-refractivity contribution in [1.29, 1.82) is 0 Å². The Bertz CT molecular complexity index is 907. The summed E-state index contributed by atoms with van der Waals surface area (Å²) in [5.41, 5.74) is 0.303. The van der Waals surface area contributed by atoms with E-state index in [1.807, 2.05) is 0 Å². The van der Waals surface area contributed by atoms with Gasteiger partial charge >= 0.3 is 0 Å². The Hall–Kier alpha value is -3.75.